The van der Waals surface area contributed by atoms with Gasteiger partial charge in [-0.2, -0.15) is 0 Å². The molecular formula is C10H18N3+. The third-order valence-corrected chi connectivity index (χ3v) is 2.09. The molecule has 2 heterocycles. The van der Waals surface area contributed by atoms with Crippen LogP contribution in [0.25, 0.3) is 0 Å². The molecule has 1 aliphatic rings. The van der Waals surface area contributed by atoms with Crippen molar-refractivity contribution < 1.29 is 4.68 Å². The number of nitrogen functional groups attached to an aromatic ring is 1. The first kappa shape index (κ1) is 9.99. The fourth-order valence-electron chi connectivity index (χ4n) is 1.53. The number of nitrogens with two attached hydrogens (primary N) is 1. The molecule has 1 aliphatic heterocycles. The molecule has 0 atom stereocenters. The van der Waals surface area contributed by atoms with Gasteiger partial charge >= 0.3 is 0 Å². The van der Waals surface area contributed by atoms with Crippen LogP contribution >= 0.6 is 0 Å². The fraction of sp³-hybridized carbons (Fsp3) is 0.500. The fourth-order valence-corrected chi connectivity index (χ4v) is 1.53. The zero-order valence-electron chi connectivity index (χ0n) is 8.62. The molecule has 3 heteroatoms. The molecule has 2 rings (SSSR count). The van der Waals surface area contributed by atoms with Crippen LogP contribution in [0.3, 0.4) is 0 Å². The molecule has 1 aromatic rings. The smallest absolute Gasteiger partial charge is 0.229 e. The van der Waals surface area contributed by atoms with Gasteiger partial charge in [0.25, 0.3) is 0 Å². The summed E-state index contributed by atoms with van der Waals surface area (Å²) in [5.41, 5.74) is 2.58. The van der Waals surface area contributed by atoms with E-state index in [1.54, 1.807) is 4.68 Å². The van der Waals surface area contributed by atoms with E-state index in [2.05, 4.69) is 18.0 Å². The highest BCUT2D eigenvalue weighted by Gasteiger charge is 2.23. The van der Waals surface area contributed by atoms with Crippen molar-refractivity contribution in [3.8, 4) is 0 Å². The maximum absolute atomic E-state index is 5.72. The van der Waals surface area contributed by atoms with E-state index in [0.717, 1.165) is 13.1 Å². The number of fused-ring (bicyclic) bond motifs is 1. The normalized spacial score (nSPS) is 14.7. The topological polar surface area (TPSA) is 33.1 Å². The molecule has 0 spiro atoms. The molecule has 0 fully saturated rings. The minimum absolute atomic E-state index is 0.965. The van der Waals surface area contributed by atoms with Gasteiger partial charge in [0.15, 0.2) is 6.20 Å². The summed E-state index contributed by atoms with van der Waals surface area (Å²) in [7, 11) is 2.10. The number of hydrogen-bond donors (Lipinski definition) is 1. The van der Waals surface area contributed by atoms with Gasteiger partial charge in [-0.15, -0.1) is 0 Å². The Kier molecular flexibility index (Phi) is 3.25. The second-order valence-electron chi connectivity index (χ2n) is 3.06. The molecule has 2 N–H and O–H groups in total. The average Bonchev–Trinajstić information content (AvgIpc) is 2.51. The number of pyridine rings is 1. The summed E-state index contributed by atoms with van der Waals surface area (Å²) in [4.78, 5) is 2.24. The van der Waals surface area contributed by atoms with Gasteiger partial charge in [-0.05, 0) is 13.1 Å². The quantitative estimate of drug-likeness (QED) is 0.470. The molecule has 0 amide bonds. The standard InChI is InChI=1S/C8H12N3.C2H6/c1-10-5-7-3-2-4-11(9)8(7)6-10;1-2/h2-4H,5-6,9H2,1H3;1-2H3/q+1;. The van der Waals surface area contributed by atoms with Crippen LogP contribution in [0.5, 0.6) is 0 Å². The molecule has 72 valence electrons. The Bertz CT molecular complexity index is 283. The predicted octanol–water partition coefficient (Wildman–Crippen LogP) is 0.660. The van der Waals surface area contributed by atoms with Crippen LogP contribution in [-0.4, -0.2) is 11.9 Å². The van der Waals surface area contributed by atoms with Crippen molar-refractivity contribution in [3.63, 3.8) is 0 Å². The Morgan fingerprint density at radius 3 is 2.69 bits per heavy atom. The van der Waals surface area contributed by atoms with Gasteiger partial charge in [-0.25, -0.2) is 5.84 Å². The SMILES string of the molecule is CC.CN1Cc2ccc[n+](N)c2C1. The average molecular weight is 180 g/mol. The first-order valence-corrected chi connectivity index (χ1v) is 4.73. The van der Waals surface area contributed by atoms with Gasteiger partial charge in [-0.3, -0.25) is 4.90 Å². The van der Waals surface area contributed by atoms with Crippen LogP contribution in [-0.2, 0) is 13.1 Å². The molecule has 13 heavy (non-hydrogen) atoms. The summed E-state index contributed by atoms with van der Waals surface area (Å²) in [6.45, 7) is 5.99. The van der Waals surface area contributed by atoms with Crippen LogP contribution in [0.2, 0.25) is 0 Å². The molecule has 0 aliphatic carbocycles. The summed E-state index contributed by atoms with van der Waals surface area (Å²) < 4.78 is 1.71. The Balaban J connectivity index is 0.000000396. The zero-order valence-corrected chi connectivity index (χ0v) is 8.62. The molecular weight excluding hydrogens is 162 g/mol. The van der Waals surface area contributed by atoms with Crippen LogP contribution < -0.4 is 10.5 Å². The number of rotatable bonds is 0. The van der Waals surface area contributed by atoms with Gasteiger partial charge in [0.1, 0.15) is 0 Å². The zero-order chi connectivity index (χ0) is 9.84. The van der Waals surface area contributed by atoms with Gasteiger partial charge in [0, 0.05) is 18.2 Å². The van der Waals surface area contributed by atoms with Gasteiger partial charge in [-0.1, -0.05) is 18.5 Å². The minimum Gasteiger partial charge on any atom is -0.292 e. The van der Waals surface area contributed by atoms with E-state index >= 15 is 0 Å². The Morgan fingerprint density at radius 2 is 2.08 bits per heavy atom. The van der Waals surface area contributed by atoms with Crippen molar-refractivity contribution in [3.05, 3.63) is 29.6 Å². The maximum atomic E-state index is 5.72. The van der Waals surface area contributed by atoms with E-state index in [9.17, 15) is 0 Å². The van der Waals surface area contributed by atoms with Crippen molar-refractivity contribution in [1.29, 1.82) is 0 Å². The Labute approximate surface area is 79.8 Å². The molecule has 0 aromatic carbocycles. The van der Waals surface area contributed by atoms with Crippen molar-refractivity contribution in [2.24, 2.45) is 0 Å². The lowest BCUT2D eigenvalue weighted by atomic mass is 10.2. The first-order chi connectivity index (χ1) is 6.27. The summed E-state index contributed by atoms with van der Waals surface area (Å²) in [5.74, 6) is 5.72. The summed E-state index contributed by atoms with van der Waals surface area (Å²) in [6, 6.07) is 4.11. The molecule has 0 bridgehead atoms. The Morgan fingerprint density at radius 1 is 1.38 bits per heavy atom. The largest absolute Gasteiger partial charge is 0.292 e. The molecule has 0 saturated carbocycles. The van der Waals surface area contributed by atoms with Gasteiger partial charge in [0.05, 0.1) is 6.54 Å². The third kappa shape index (κ3) is 1.98. The lowest BCUT2D eigenvalue weighted by Gasteiger charge is -2.00. The van der Waals surface area contributed by atoms with Crippen molar-refractivity contribution >= 4 is 0 Å². The highest BCUT2D eigenvalue weighted by molar-refractivity contribution is 5.19. The molecule has 3 nitrogen and oxygen atoms in total. The van der Waals surface area contributed by atoms with E-state index in [-0.39, 0.29) is 0 Å². The van der Waals surface area contributed by atoms with E-state index < -0.39 is 0 Å². The minimum atomic E-state index is 0.965. The highest BCUT2D eigenvalue weighted by atomic mass is 15.3. The summed E-state index contributed by atoms with van der Waals surface area (Å²) >= 11 is 0. The van der Waals surface area contributed by atoms with E-state index in [1.807, 2.05) is 26.1 Å². The molecule has 0 unspecified atom stereocenters. The van der Waals surface area contributed by atoms with E-state index in [0.29, 0.717) is 0 Å². The van der Waals surface area contributed by atoms with Crippen LogP contribution in [0.4, 0.5) is 0 Å². The molecule has 0 saturated heterocycles. The van der Waals surface area contributed by atoms with Crippen LogP contribution in [0.1, 0.15) is 25.1 Å². The predicted molar refractivity (Wildman–Crippen MR) is 53.3 cm³/mol. The third-order valence-electron chi connectivity index (χ3n) is 2.09. The highest BCUT2D eigenvalue weighted by Crippen LogP contribution is 2.15. The second kappa shape index (κ2) is 4.23. The monoisotopic (exact) mass is 180 g/mol. The number of aromatic nitrogens is 1. The van der Waals surface area contributed by atoms with E-state index in [1.165, 1.54) is 11.3 Å². The second-order valence-corrected chi connectivity index (χ2v) is 3.06. The van der Waals surface area contributed by atoms with Crippen LogP contribution in [0, 0.1) is 0 Å². The van der Waals surface area contributed by atoms with Crippen molar-refractivity contribution in [2.75, 3.05) is 12.9 Å². The summed E-state index contributed by atoms with van der Waals surface area (Å²) in [6.07, 6.45) is 1.89. The van der Waals surface area contributed by atoms with Crippen LogP contribution in [0.15, 0.2) is 18.3 Å². The number of nitrogens with zero attached hydrogens (tertiary/aromatic N) is 2. The first-order valence-electron chi connectivity index (χ1n) is 4.73. The molecule has 1 aromatic heterocycles. The van der Waals surface area contributed by atoms with Gasteiger partial charge in [0.2, 0.25) is 5.69 Å². The van der Waals surface area contributed by atoms with Crippen molar-refractivity contribution in [2.45, 2.75) is 26.9 Å². The van der Waals surface area contributed by atoms with Gasteiger partial charge < -0.3 is 0 Å². The number of hydrogen-bond acceptors (Lipinski definition) is 2. The lowest BCUT2D eigenvalue weighted by Crippen LogP contribution is -2.48. The maximum Gasteiger partial charge on any atom is 0.229 e. The molecule has 0 radical (unpaired) electrons. The Hall–Kier alpha value is -1.09. The van der Waals surface area contributed by atoms with E-state index in [4.69, 9.17) is 5.84 Å². The summed E-state index contributed by atoms with van der Waals surface area (Å²) in [5, 5.41) is 0. The lowest BCUT2D eigenvalue weighted by molar-refractivity contribution is -0.647. The van der Waals surface area contributed by atoms with Crippen molar-refractivity contribution in [1.82, 2.24) is 4.90 Å².